The molecule has 2 aromatic heterocycles. The van der Waals surface area contributed by atoms with Crippen LogP contribution < -0.4 is 0 Å². The molecule has 0 aliphatic heterocycles. The molecule has 5 nitrogen and oxygen atoms in total. The molecule has 0 radical (unpaired) electrons. The fourth-order valence-corrected chi connectivity index (χ4v) is 2.75. The molecular formula is C13H15N3O2. The highest BCUT2D eigenvalue weighted by Gasteiger charge is 2.21. The van der Waals surface area contributed by atoms with Gasteiger partial charge in [0.05, 0.1) is 12.1 Å². The van der Waals surface area contributed by atoms with Crippen LogP contribution in [0.3, 0.4) is 0 Å². The van der Waals surface area contributed by atoms with Crippen molar-refractivity contribution in [2.45, 2.75) is 38.0 Å². The maximum absolute atomic E-state index is 10.7. The Kier molecular flexibility index (Phi) is 2.74. The third-order valence-corrected chi connectivity index (χ3v) is 3.57. The molecule has 2 heterocycles. The van der Waals surface area contributed by atoms with Crippen molar-refractivity contribution < 1.29 is 9.90 Å². The predicted molar refractivity (Wildman–Crippen MR) is 65.5 cm³/mol. The predicted octanol–water partition coefficient (Wildman–Crippen LogP) is 2.01. The van der Waals surface area contributed by atoms with E-state index in [9.17, 15) is 4.79 Å². The number of carbonyl (C=O) groups is 1. The van der Waals surface area contributed by atoms with E-state index in [-0.39, 0.29) is 6.42 Å². The Morgan fingerprint density at radius 3 is 2.94 bits per heavy atom. The topological polar surface area (TPSA) is 67.5 Å². The molecule has 1 fully saturated rings. The smallest absolute Gasteiger partial charge is 0.309 e. The molecule has 0 spiro atoms. The van der Waals surface area contributed by atoms with Crippen LogP contribution in [0.5, 0.6) is 0 Å². The summed E-state index contributed by atoms with van der Waals surface area (Å²) in [6.45, 7) is 0. The highest BCUT2D eigenvalue weighted by molar-refractivity contribution is 5.70. The quantitative estimate of drug-likeness (QED) is 0.898. The van der Waals surface area contributed by atoms with Gasteiger partial charge in [-0.1, -0.05) is 12.8 Å². The zero-order valence-electron chi connectivity index (χ0n) is 10.0. The van der Waals surface area contributed by atoms with E-state index >= 15 is 0 Å². The van der Waals surface area contributed by atoms with Crippen molar-refractivity contribution in [2.24, 2.45) is 0 Å². The van der Waals surface area contributed by atoms with Crippen LogP contribution in [0.15, 0.2) is 18.7 Å². The van der Waals surface area contributed by atoms with Crippen LogP contribution in [-0.2, 0) is 11.2 Å². The number of rotatable bonds is 3. The first-order valence-electron chi connectivity index (χ1n) is 6.27. The minimum Gasteiger partial charge on any atom is -0.481 e. The number of fused-ring (bicyclic) bond motifs is 1. The molecule has 5 heteroatoms. The van der Waals surface area contributed by atoms with E-state index < -0.39 is 5.97 Å². The Balaban J connectivity index is 2.03. The summed E-state index contributed by atoms with van der Waals surface area (Å²) in [4.78, 5) is 19.4. The zero-order valence-corrected chi connectivity index (χ0v) is 10.0. The molecule has 0 saturated heterocycles. The summed E-state index contributed by atoms with van der Waals surface area (Å²) in [5.41, 5.74) is 2.62. The lowest BCUT2D eigenvalue weighted by Gasteiger charge is -2.09. The molecule has 1 aliphatic carbocycles. The van der Waals surface area contributed by atoms with Crippen LogP contribution in [0.4, 0.5) is 0 Å². The molecule has 0 unspecified atom stereocenters. The molecule has 0 amide bonds. The van der Waals surface area contributed by atoms with Gasteiger partial charge in [-0.2, -0.15) is 0 Å². The Morgan fingerprint density at radius 1 is 1.44 bits per heavy atom. The number of imidazole rings is 1. The number of carboxylic acid groups (broad SMARTS) is 1. The van der Waals surface area contributed by atoms with Crippen molar-refractivity contribution in [2.75, 3.05) is 0 Å². The molecule has 0 bridgehead atoms. The van der Waals surface area contributed by atoms with Gasteiger partial charge in [-0.05, 0) is 18.8 Å². The van der Waals surface area contributed by atoms with E-state index in [1.54, 1.807) is 12.5 Å². The van der Waals surface area contributed by atoms with Gasteiger partial charge < -0.3 is 5.11 Å². The van der Waals surface area contributed by atoms with E-state index in [1.165, 1.54) is 25.7 Å². The maximum Gasteiger partial charge on any atom is 0.309 e. The number of hydrogen-bond donors (Lipinski definition) is 1. The minimum absolute atomic E-state index is 0.0359. The summed E-state index contributed by atoms with van der Waals surface area (Å²) in [6, 6.07) is 0. The monoisotopic (exact) mass is 245 g/mol. The first-order valence-corrected chi connectivity index (χ1v) is 6.27. The highest BCUT2D eigenvalue weighted by Crippen LogP contribution is 2.35. The number of nitrogens with zero attached hydrogens (tertiary/aromatic N) is 3. The van der Waals surface area contributed by atoms with Crippen LogP contribution >= 0.6 is 0 Å². The van der Waals surface area contributed by atoms with Gasteiger partial charge in [0, 0.05) is 18.0 Å². The second-order valence-corrected chi connectivity index (χ2v) is 4.86. The second kappa shape index (κ2) is 4.40. The fraction of sp³-hybridized carbons (Fsp3) is 0.462. The molecular weight excluding hydrogens is 230 g/mol. The van der Waals surface area contributed by atoms with E-state index in [2.05, 4.69) is 9.97 Å². The first kappa shape index (κ1) is 11.2. The van der Waals surface area contributed by atoms with Gasteiger partial charge in [0.2, 0.25) is 0 Å². The van der Waals surface area contributed by atoms with Crippen molar-refractivity contribution in [3.8, 4) is 0 Å². The lowest BCUT2D eigenvalue weighted by atomic mass is 10.0. The van der Waals surface area contributed by atoms with Gasteiger partial charge in [0.1, 0.15) is 12.0 Å². The van der Waals surface area contributed by atoms with E-state index in [4.69, 9.17) is 5.11 Å². The van der Waals surface area contributed by atoms with Gasteiger partial charge in [-0.3, -0.25) is 9.20 Å². The summed E-state index contributed by atoms with van der Waals surface area (Å²) in [6.07, 6.45) is 10.2. The van der Waals surface area contributed by atoms with Crippen LogP contribution in [0.2, 0.25) is 0 Å². The van der Waals surface area contributed by atoms with Gasteiger partial charge in [-0.15, -0.1) is 0 Å². The standard InChI is InChI=1S/C13H15N3O2/c17-12(18)5-10-7-16-8-14-6-11(13(16)15-10)9-3-1-2-4-9/h6-9H,1-5H2,(H,17,18). The molecule has 1 aliphatic rings. The summed E-state index contributed by atoms with van der Waals surface area (Å²) < 4.78 is 1.84. The van der Waals surface area contributed by atoms with Crippen molar-refractivity contribution >= 4 is 11.6 Å². The summed E-state index contributed by atoms with van der Waals surface area (Å²) in [5, 5.41) is 8.81. The number of carboxylic acids is 1. The van der Waals surface area contributed by atoms with Gasteiger partial charge in [0.15, 0.2) is 0 Å². The second-order valence-electron chi connectivity index (χ2n) is 4.86. The third-order valence-electron chi connectivity index (χ3n) is 3.57. The third kappa shape index (κ3) is 1.96. The lowest BCUT2D eigenvalue weighted by Crippen LogP contribution is -2.00. The van der Waals surface area contributed by atoms with Crippen LogP contribution in [0.1, 0.15) is 42.9 Å². The van der Waals surface area contributed by atoms with Gasteiger partial charge >= 0.3 is 5.97 Å². The maximum atomic E-state index is 10.7. The average Bonchev–Trinajstić information content (AvgIpc) is 2.94. The van der Waals surface area contributed by atoms with E-state index in [0.29, 0.717) is 11.6 Å². The summed E-state index contributed by atoms with van der Waals surface area (Å²) >= 11 is 0. The Labute approximate surface area is 104 Å². The van der Waals surface area contributed by atoms with Crippen molar-refractivity contribution in [1.29, 1.82) is 0 Å². The SMILES string of the molecule is O=C(O)Cc1cn2cncc(C3CCCC3)c2n1. The van der Waals surface area contributed by atoms with Crippen molar-refractivity contribution in [1.82, 2.24) is 14.4 Å². The normalized spacial score (nSPS) is 16.4. The zero-order chi connectivity index (χ0) is 12.5. The Bertz CT molecular complexity index is 585. The molecule has 18 heavy (non-hydrogen) atoms. The highest BCUT2D eigenvalue weighted by atomic mass is 16.4. The molecule has 94 valence electrons. The van der Waals surface area contributed by atoms with Crippen LogP contribution in [-0.4, -0.2) is 25.4 Å². The Morgan fingerprint density at radius 2 is 2.22 bits per heavy atom. The molecule has 3 rings (SSSR count). The van der Waals surface area contributed by atoms with E-state index in [0.717, 1.165) is 11.2 Å². The van der Waals surface area contributed by atoms with Crippen LogP contribution in [0, 0.1) is 0 Å². The number of aromatic nitrogens is 3. The summed E-state index contributed by atoms with van der Waals surface area (Å²) in [7, 11) is 0. The molecule has 0 aromatic carbocycles. The molecule has 2 aromatic rings. The average molecular weight is 245 g/mol. The lowest BCUT2D eigenvalue weighted by molar-refractivity contribution is -0.136. The molecule has 1 saturated carbocycles. The summed E-state index contributed by atoms with van der Waals surface area (Å²) in [5.74, 6) is -0.324. The number of hydrogen-bond acceptors (Lipinski definition) is 3. The number of aliphatic carboxylic acids is 1. The minimum atomic E-state index is -0.853. The Hall–Kier alpha value is -1.91. The molecule has 0 atom stereocenters. The fourth-order valence-electron chi connectivity index (χ4n) is 2.75. The molecule has 1 N–H and O–H groups in total. The first-order chi connectivity index (χ1) is 8.74. The van der Waals surface area contributed by atoms with Crippen LogP contribution in [0.25, 0.3) is 5.65 Å². The van der Waals surface area contributed by atoms with E-state index in [1.807, 2.05) is 10.6 Å². The van der Waals surface area contributed by atoms with Gasteiger partial charge in [-0.25, -0.2) is 9.97 Å². The largest absolute Gasteiger partial charge is 0.481 e. The van der Waals surface area contributed by atoms with Crippen molar-refractivity contribution in [3.63, 3.8) is 0 Å². The van der Waals surface area contributed by atoms with Gasteiger partial charge in [0.25, 0.3) is 0 Å². The van der Waals surface area contributed by atoms with Crippen molar-refractivity contribution in [3.05, 3.63) is 30.0 Å².